The number of sulfonamides is 1. The lowest BCUT2D eigenvalue weighted by atomic mass is 10.1. The summed E-state index contributed by atoms with van der Waals surface area (Å²) in [6.45, 7) is 1.46. The molecule has 2 amide bonds. The van der Waals surface area contributed by atoms with Crippen LogP contribution in [0.1, 0.15) is 28.8 Å². The number of methoxy groups -OCH3 is 1. The third-order valence-electron chi connectivity index (χ3n) is 5.65. The monoisotopic (exact) mass is 473 g/mol. The summed E-state index contributed by atoms with van der Waals surface area (Å²) in [4.78, 5) is 24.8. The van der Waals surface area contributed by atoms with Crippen LogP contribution in [-0.2, 0) is 26.1 Å². The maximum atomic E-state index is 13.0. The molecule has 176 valence electrons. The lowest BCUT2D eigenvalue weighted by molar-refractivity contribution is -0.117. The minimum atomic E-state index is -3.74. The molecule has 1 saturated carbocycles. The van der Waals surface area contributed by atoms with Crippen molar-refractivity contribution >= 4 is 27.5 Å². The first-order valence-corrected chi connectivity index (χ1v) is 12.3. The fourth-order valence-corrected chi connectivity index (χ4v) is 4.97. The number of nitrogens with zero attached hydrogens (tertiary/aromatic N) is 1. The van der Waals surface area contributed by atoms with Crippen LogP contribution >= 0.6 is 0 Å². The zero-order valence-corrected chi connectivity index (χ0v) is 19.2. The Bertz CT molecular complexity index is 1120. The van der Waals surface area contributed by atoms with Gasteiger partial charge in [-0.05, 0) is 48.7 Å². The minimum Gasteiger partial charge on any atom is -0.496 e. The van der Waals surface area contributed by atoms with E-state index in [-0.39, 0.29) is 47.7 Å². The standard InChI is InChI=1S/C23H27N3O6S/c1-31-21-9-8-19(33(29,30)26-10-12-32-13-11-26)14-20(21)23(28)24-15-16-2-6-18(7-3-16)25-22(27)17-4-5-17/h2-3,6-9,14,17H,4-5,10-13,15H2,1H3,(H,24,28)(H,25,27). The first kappa shape index (κ1) is 23.2. The number of rotatable bonds is 8. The zero-order chi connectivity index (χ0) is 23.4. The molecule has 2 N–H and O–H groups in total. The second kappa shape index (κ2) is 9.90. The Kier molecular flexibility index (Phi) is 6.96. The Morgan fingerprint density at radius 3 is 2.42 bits per heavy atom. The van der Waals surface area contributed by atoms with Crippen LogP contribution in [0.5, 0.6) is 5.75 Å². The van der Waals surface area contributed by atoms with Crippen molar-refractivity contribution in [3.8, 4) is 5.75 Å². The molecule has 0 unspecified atom stereocenters. The Morgan fingerprint density at radius 1 is 1.09 bits per heavy atom. The zero-order valence-electron chi connectivity index (χ0n) is 18.4. The summed E-state index contributed by atoms with van der Waals surface area (Å²) in [6, 6.07) is 11.5. The molecule has 2 aliphatic rings. The number of anilines is 1. The van der Waals surface area contributed by atoms with Gasteiger partial charge in [0.05, 0.1) is 30.8 Å². The van der Waals surface area contributed by atoms with E-state index in [1.807, 2.05) is 12.1 Å². The van der Waals surface area contributed by atoms with Crippen molar-refractivity contribution in [2.45, 2.75) is 24.3 Å². The fourth-order valence-electron chi connectivity index (χ4n) is 3.53. The quantitative estimate of drug-likeness (QED) is 0.606. The van der Waals surface area contributed by atoms with Crippen LogP contribution in [0.2, 0.25) is 0 Å². The largest absolute Gasteiger partial charge is 0.496 e. The van der Waals surface area contributed by atoms with Crippen molar-refractivity contribution in [2.75, 3.05) is 38.7 Å². The van der Waals surface area contributed by atoms with E-state index in [0.29, 0.717) is 18.9 Å². The molecule has 2 aromatic carbocycles. The third kappa shape index (κ3) is 5.52. The van der Waals surface area contributed by atoms with Gasteiger partial charge in [-0.2, -0.15) is 4.31 Å². The molecule has 2 fully saturated rings. The van der Waals surface area contributed by atoms with Gasteiger partial charge in [-0.15, -0.1) is 0 Å². The van der Waals surface area contributed by atoms with E-state index < -0.39 is 15.9 Å². The van der Waals surface area contributed by atoms with Crippen LogP contribution in [0.4, 0.5) is 5.69 Å². The van der Waals surface area contributed by atoms with Crippen molar-refractivity contribution < 1.29 is 27.5 Å². The molecule has 9 nitrogen and oxygen atoms in total. The highest BCUT2D eigenvalue weighted by Gasteiger charge is 2.30. The molecule has 0 aromatic heterocycles. The summed E-state index contributed by atoms with van der Waals surface area (Å²) in [5, 5.41) is 5.67. The Balaban J connectivity index is 1.43. The number of carbonyl (C=O) groups excluding carboxylic acids is 2. The van der Waals surface area contributed by atoms with E-state index in [1.54, 1.807) is 12.1 Å². The van der Waals surface area contributed by atoms with E-state index in [2.05, 4.69) is 10.6 Å². The van der Waals surface area contributed by atoms with Gasteiger partial charge >= 0.3 is 0 Å². The van der Waals surface area contributed by atoms with Crippen molar-refractivity contribution in [1.82, 2.24) is 9.62 Å². The Hall–Kier alpha value is -2.95. The van der Waals surface area contributed by atoms with Crippen LogP contribution in [0, 0.1) is 5.92 Å². The van der Waals surface area contributed by atoms with Gasteiger partial charge in [0, 0.05) is 31.2 Å². The van der Waals surface area contributed by atoms with Crippen LogP contribution in [0.3, 0.4) is 0 Å². The van der Waals surface area contributed by atoms with Crippen molar-refractivity contribution in [3.05, 3.63) is 53.6 Å². The van der Waals surface area contributed by atoms with Gasteiger partial charge in [-0.3, -0.25) is 9.59 Å². The second-order valence-corrected chi connectivity index (χ2v) is 9.96. The lowest BCUT2D eigenvalue weighted by Gasteiger charge is -2.26. The van der Waals surface area contributed by atoms with E-state index in [0.717, 1.165) is 18.4 Å². The molecule has 2 aromatic rings. The number of amides is 2. The van der Waals surface area contributed by atoms with E-state index in [1.165, 1.54) is 29.6 Å². The predicted octanol–water partition coefficient (Wildman–Crippen LogP) is 1.99. The molecule has 10 heteroatoms. The predicted molar refractivity (Wildman–Crippen MR) is 122 cm³/mol. The summed E-state index contributed by atoms with van der Waals surface area (Å²) >= 11 is 0. The minimum absolute atomic E-state index is 0.0334. The molecular weight excluding hydrogens is 446 g/mol. The Morgan fingerprint density at radius 2 is 1.79 bits per heavy atom. The van der Waals surface area contributed by atoms with Gasteiger partial charge in [-0.25, -0.2) is 8.42 Å². The molecule has 0 radical (unpaired) electrons. The maximum Gasteiger partial charge on any atom is 0.255 e. The number of ether oxygens (including phenoxy) is 2. The van der Waals surface area contributed by atoms with Gasteiger partial charge in [-0.1, -0.05) is 12.1 Å². The van der Waals surface area contributed by atoms with Crippen molar-refractivity contribution in [1.29, 1.82) is 0 Å². The first-order valence-electron chi connectivity index (χ1n) is 10.8. The Labute approximate surface area is 193 Å². The fraction of sp³-hybridized carbons (Fsp3) is 0.391. The molecule has 0 bridgehead atoms. The molecule has 33 heavy (non-hydrogen) atoms. The molecule has 1 saturated heterocycles. The summed E-state index contributed by atoms with van der Waals surface area (Å²) in [6.07, 6.45) is 1.88. The third-order valence-corrected chi connectivity index (χ3v) is 7.54. The van der Waals surface area contributed by atoms with Gasteiger partial charge in [0.15, 0.2) is 0 Å². The number of nitrogens with one attached hydrogen (secondary N) is 2. The lowest BCUT2D eigenvalue weighted by Crippen LogP contribution is -2.40. The summed E-state index contributed by atoms with van der Waals surface area (Å²) in [7, 11) is -2.32. The van der Waals surface area contributed by atoms with Crippen LogP contribution < -0.4 is 15.4 Å². The number of morpholine rings is 1. The van der Waals surface area contributed by atoms with Gasteiger partial charge in [0.1, 0.15) is 5.75 Å². The molecule has 1 aliphatic heterocycles. The summed E-state index contributed by atoms with van der Waals surface area (Å²) in [5.74, 6) is 0.000356. The van der Waals surface area contributed by atoms with Crippen molar-refractivity contribution in [2.24, 2.45) is 5.92 Å². The van der Waals surface area contributed by atoms with Gasteiger partial charge in [0.25, 0.3) is 5.91 Å². The highest BCUT2D eigenvalue weighted by molar-refractivity contribution is 7.89. The van der Waals surface area contributed by atoms with E-state index in [9.17, 15) is 18.0 Å². The highest BCUT2D eigenvalue weighted by atomic mass is 32.2. The highest BCUT2D eigenvalue weighted by Crippen LogP contribution is 2.30. The van der Waals surface area contributed by atoms with Crippen LogP contribution in [0.25, 0.3) is 0 Å². The second-order valence-electron chi connectivity index (χ2n) is 8.02. The van der Waals surface area contributed by atoms with Gasteiger partial charge in [0.2, 0.25) is 15.9 Å². The van der Waals surface area contributed by atoms with Crippen molar-refractivity contribution in [3.63, 3.8) is 0 Å². The topological polar surface area (TPSA) is 114 Å². The smallest absolute Gasteiger partial charge is 0.255 e. The average molecular weight is 474 g/mol. The summed E-state index contributed by atoms with van der Waals surface area (Å²) < 4.78 is 37.8. The SMILES string of the molecule is COc1ccc(S(=O)(=O)N2CCOCC2)cc1C(=O)NCc1ccc(NC(=O)C2CC2)cc1. The number of hydrogen-bond donors (Lipinski definition) is 2. The molecule has 0 atom stereocenters. The molecule has 1 heterocycles. The van der Waals surface area contributed by atoms with E-state index in [4.69, 9.17) is 9.47 Å². The average Bonchev–Trinajstić information content (AvgIpc) is 3.69. The molecule has 4 rings (SSSR count). The van der Waals surface area contributed by atoms with Gasteiger partial charge < -0.3 is 20.1 Å². The molecule has 0 spiro atoms. The molecule has 1 aliphatic carbocycles. The normalized spacial score (nSPS) is 16.8. The van der Waals surface area contributed by atoms with Crippen LogP contribution in [0.15, 0.2) is 47.4 Å². The maximum absolute atomic E-state index is 13.0. The number of hydrogen-bond acceptors (Lipinski definition) is 6. The number of carbonyl (C=O) groups is 2. The number of benzene rings is 2. The van der Waals surface area contributed by atoms with E-state index >= 15 is 0 Å². The first-order chi connectivity index (χ1) is 15.9. The summed E-state index contributed by atoms with van der Waals surface area (Å²) in [5.41, 5.74) is 1.69. The van der Waals surface area contributed by atoms with Crippen LogP contribution in [-0.4, -0.2) is 58.0 Å². The molecular formula is C23H27N3O6S.